The minimum absolute atomic E-state index is 0.00266. The number of aromatic nitrogens is 2. The van der Waals surface area contributed by atoms with E-state index in [1.165, 1.54) is 18.2 Å². The van der Waals surface area contributed by atoms with Crippen molar-refractivity contribution in [1.29, 1.82) is 0 Å². The monoisotopic (exact) mass is 474 g/mol. The molecule has 11 heteroatoms. The van der Waals surface area contributed by atoms with Gasteiger partial charge < -0.3 is 9.80 Å². The van der Waals surface area contributed by atoms with Crippen molar-refractivity contribution in [3.63, 3.8) is 0 Å². The maximum absolute atomic E-state index is 12.8. The molecular weight excluding hydrogens is 452 g/mol. The van der Waals surface area contributed by atoms with Gasteiger partial charge in [0.1, 0.15) is 5.56 Å². The van der Waals surface area contributed by atoms with Crippen LogP contribution in [0.2, 0.25) is 0 Å². The van der Waals surface area contributed by atoms with Gasteiger partial charge in [0.2, 0.25) is 5.91 Å². The maximum Gasteiger partial charge on any atom is 0.282 e. The van der Waals surface area contributed by atoms with Crippen LogP contribution in [0.3, 0.4) is 0 Å². The molecule has 1 fully saturated rings. The van der Waals surface area contributed by atoms with Gasteiger partial charge in [-0.25, -0.2) is 9.97 Å². The summed E-state index contributed by atoms with van der Waals surface area (Å²) in [7, 11) is 0. The zero-order valence-corrected chi connectivity index (χ0v) is 19.0. The van der Waals surface area contributed by atoms with Crippen molar-refractivity contribution in [2.75, 3.05) is 37.6 Å². The number of benzene rings is 2. The quantitative estimate of drug-likeness (QED) is 0.313. The summed E-state index contributed by atoms with van der Waals surface area (Å²) < 4.78 is 0. The van der Waals surface area contributed by atoms with Crippen LogP contribution >= 0.6 is 0 Å². The Labute approximate surface area is 200 Å². The molecule has 0 spiro atoms. The molecule has 178 valence electrons. The summed E-state index contributed by atoms with van der Waals surface area (Å²) in [6, 6.07) is 11.6. The molecule has 0 unspecified atom stereocenters. The molecule has 2 aromatic carbocycles. The number of nitro benzene ring substituents is 1. The van der Waals surface area contributed by atoms with E-state index in [2.05, 4.69) is 9.88 Å². The number of carbonyl (C=O) groups is 3. The standard InChI is InChI=1S/C24H22N6O5/c1-15-22(26-18-7-3-2-6-17(18)25-15)28-13-11-27(12-14-28)20(31)9-10-29-23(32)16-5-4-8-19(30(34)35)21(16)24(29)33/h2-8H,9-14H2,1H3. The molecule has 5 rings (SSSR count). The third-order valence-electron chi connectivity index (χ3n) is 6.37. The molecule has 0 bridgehead atoms. The van der Waals surface area contributed by atoms with Crippen molar-refractivity contribution in [1.82, 2.24) is 19.8 Å². The smallest absolute Gasteiger partial charge is 0.282 e. The van der Waals surface area contributed by atoms with Crippen molar-refractivity contribution in [2.45, 2.75) is 13.3 Å². The Morgan fingerprint density at radius 2 is 1.66 bits per heavy atom. The van der Waals surface area contributed by atoms with E-state index in [1.54, 1.807) is 4.90 Å². The highest BCUT2D eigenvalue weighted by molar-refractivity contribution is 6.23. The van der Waals surface area contributed by atoms with E-state index < -0.39 is 22.4 Å². The van der Waals surface area contributed by atoms with E-state index in [-0.39, 0.29) is 30.0 Å². The Balaban J connectivity index is 1.21. The predicted molar refractivity (Wildman–Crippen MR) is 126 cm³/mol. The molecular formula is C24H22N6O5. The van der Waals surface area contributed by atoms with Crippen molar-refractivity contribution in [2.24, 2.45) is 0 Å². The molecule has 0 N–H and O–H groups in total. The first-order chi connectivity index (χ1) is 16.8. The van der Waals surface area contributed by atoms with Gasteiger partial charge in [-0.15, -0.1) is 0 Å². The third kappa shape index (κ3) is 3.94. The molecule has 0 saturated carbocycles. The van der Waals surface area contributed by atoms with Crippen molar-refractivity contribution in [3.05, 3.63) is 69.4 Å². The Hall–Kier alpha value is -4.41. The number of aryl methyl sites for hydroxylation is 1. The second kappa shape index (κ2) is 8.75. The van der Waals surface area contributed by atoms with Gasteiger partial charge in [-0.1, -0.05) is 18.2 Å². The fourth-order valence-corrected chi connectivity index (χ4v) is 4.58. The zero-order valence-electron chi connectivity index (χ0n) is 19.0. The van der Waals surface area contributed by atoms with Crippen LogP contribution in [-0.2, 0) is 4.79 Å². The molecule has 0 atom stereocenters. The summed E-state index contributed by atoms with van der Waals surface area (Å²) >= 11 is 0. The van der Waals surface area contributed by atoms with Crippen molar-refractivity contribution < 1.29 is 19.3 Å². The lowest BCUT2D eigenvalue weighted by Crippen LogP contribution is -2.49. The number of para-hydroxylation sites is 2. The van der Waals surface area contributed by atoms with E-state index in [0.717, 1.165) is 27.4 Å². The van der Waals surface area contributed by atoms with Crippen LogP contribution in [0.5, 0.6) is 0 Å². The molecule has 11 nitrogen and oxygen atoms in total. The van der Waals surface area contributed by atoms with Crippen LogP contribution in [-0.4, -0.2) is 75.1 Å². The SMILES string of the molecule is Cc1nc2ccccc2nc1N1CCN(C(=O)CCN2C(=O)c3cccc([N+](=O)[O-])c3C2=O)CC1. The molecule has 3 amide bonds. The number of anilines is 1. The second-order valence-corrected chi connectivity index (χ2v) is 8.46. The average Bonchev–Trinajstić information content (AvgIpc) is 3.11. The van der Waals surface area contributed by atoms with Crippen LogP contribution in [0, 0.1) is 17.0 Å². The largest absolute Gasteiger partial charge is 0.352 e. The minimum atomic E-state index is -0.736. The second-order valence-electron chi connectivity index (χ2n) is 8.46. The summed E-state index contributed by atoms with van der Waals surface area (Å²) in [6.07, 6.45) is -0.0475. The first-order valence-electron chi connectivity index (χ1n) is 11.2. The van der Waals surface area contributed by atoms with Gasteiger partial charge in [-0.2, -0.15) is 0 Å². The minimum Gasteiger partial charge on any atom is -0.352 e. The molecule has 35 heavy (non-hydrogen) atoms. The number of nitrogens with zero attached hydrogens (tertiary/aromatic N) is 6. The Morgan fingerprint density at radius 1 is 0.971 bits per heavy atom. The molecule has 2 aliphatic rings. The van der Waals surface area contributed by atoms with Gasteiger partial charge in [-0.05, 0) is 25.1 Å². The van der Waals surface area contributed by atoms with E-state index >= 15 is 0 Å². The molecule has 0 aliphatic carbocycles. The van der Waals surface area contributed by atoms with Crippen molar-refractivity contribution in [3.8, 4) is 0 Å². The average molecular weight is 474 g/mol. The lowest BCUT2D eigenvalue weighted by atomic mass is 10.1. The summed E-state index contributed by atoms with van der Waals surface area (Å²) in [4.78, 5) is 62.8. The molecule has 2 aliphatic heterocycles. The van der Waals surface area contributed by atoms with Gasteiger partial charge in [-0.3, -0.25) is 29.4 Å². The van der Waals surface area contributed by atoms with E-state index in [0.29, 0.717) is 26.2 Å². The Kier molecular flexibility index (Phi) is 5.59. The molecule has 3 heterocycles. The first-order valence-corrected chi connectivity index (χ1v) is 11.2. The number of piperazine rings is 1. The van der Waals surface area contributed by atoms with E-state index in [4.69, 9.17) is 4.98 Å². The van der Waals surface area contributed by atoms with Gasteiger partial charge in [0.15, 0.2) is 5.82 Å². The number of amides is 3. The van der Waals surface area contributed by atoms with Gasteiger partial charge in [0.05, 0.1) is 27.2 Å². The van der Waals surface area contributed by atoms with E-state index in [1.807, 2.05) is 31.2 Å². The number of carbonyl (C=O) groups excluding carboxylic acids is 3. The lowest BCUT2D eigenvalue weighted by molar-refractivity contribution is -0.385. The number of fused-ring (bicyclic) bond motifs is 2. The topological polar surface area (TPSA) is 130 Å². The van der Waals surface area contributed by atoms with Crippen LogP contribution in [0.4, 0.5) is 11.5 Å². The number of hydrogen-bond acceptors (Lipinski definition) is 8. The normalized spacial score (nSPS) is 15.6. The van der Waals surface area contributed by atoms with Gasteiger partial charge in [0, 0.05) is 45.2 Å². The summed E-state index contributed by atoms with van der Waals surface area (Å²) in [5, 5.41) is 11.3. The lowest BCUT2D eigenvalue weighted by Gasteiger charge is -2.36. The number of rotatable bonds is 5. The Morgan fingerprint density at radius 3 is 2.34 bits per heavy atom. The summed E-state index contributed by atoms with van der Waals surface area (Å²) in [5.41, 5.74) is 1.85. The highest BCUT2D eigenvalue weighted by Gasteiger charge is 2.41. The zero-order chi connectivity index (χ0) is 24.7. The fourth-order valence-electron chi connectivity index (χ4n) is 4.58. The van der Waals surface area contributed by atoms with E-state index in [9.17, 15) is 24.5 Å². The number of nitro groups is 1. The van der Waals surface area contributed by atoms with Gasteiger partial charge in [0.25, 0.3) is 17.5 Å². The molecule has 0 radical (unpaired) electrons. The highest BCUT2D eigenvalue weighted by Crippen LogP contribution is 2.31. The predicted octanol–water partition coefficient (Wildman–Crippen LogP) is 2.18. The molecule has 1 saturated heterocycles. The third-order valence-corrected chi connectivity index (χ3v) is 6.37. The Bertz CT molecular complexity index is 1380. The number of hydrogen-bond donors (Lipinski definition) is 0. The van der Waals surface area contributed by atoms with Crippen LogP contribution in [0.25, 0.3) is 11.0 Å². The van der Waals surface area contributed by atoms with Crippen molar-refractivity contribution >= 4 is 40.3 Å². The fraction of sp³-hybridized carbons (Fsp3) is 0.292. The highest BCUT2D eigenvalue weighted by atomic mass is 16.6. The number of imide groups is 1. The van der Waals surface area contributed by atoms with Crippen LogP contribution < -0.4 is 4.90 Å². The van der Waals surface area contributed by atoms with Crippen LogP contribution in [0.15, 0.2) is 42.5 Å². The summed E-state index contributed by atoms with van der Waals surface area (Å²) in [5.74, 6) is -0.739. The maximum atomic E-state index is 12.8. The van der Waals surface area contributed by atoms with Gasteiger partial charge >= 0.3 is 0 Å². The molecule has 1 aromatic heterocycles. The van der Waals surface area contributed by atoms with Crippen LogP contribution in [0.1, 0.15) is 32.8 Å². The summed E-state index contributed by atoms with van der Waals surface area (Å²) in [6.45, 7) is 3.90. The first kappa shape index (κ1) is 22.4. The molecule has 3 aromatic rings.